The fraction of sp³-hybridized carbons (Fsp3) is 0.211. The largest absolute Gasteiger partial charge is 0.379 e. The Balaban J connectivity index is 1.74. The molecule has 0 spiro atoms. The monoisotopic (exact) mass is 393 g/mol. The lowest BCUT2D eigenvalue weighted by atomic mass is 10.1. The van der Waals surface area contributed by atoms with Crippen molar-refractivity contribution in [2.75, 3.05) is 26.3 Å². The van der Waals surface area contributed by atoms with Crippen LogP contribution < -0.4 is 0 Å². The second kappa shape index (κ2) is 8.08. The molecule has 8 heteroatoms. The van der Waals surface area contributed by atoms with E-state index in [9.17, 15) is 22.0 Å². The molecule has 1 aliphatic rings. The summed E-state index contributed by atoms with van der Waals surface area (Å²) in [5, 5.41) is 0. The van der Waals surface area contributed by atoms with Gasteiger partial charge in [-0.2, -0.15) is 4.31 Å². The van der Waals surface area contributed by atoms with Crippen molar-refractivity contribution in [3.05, 3.63) is 71.3 Å². The third kappa shape index (κ3) is 4.47. The van der Waals surface area contributed by atoms with Crippen LogP contribution in [-0.2, 0) is 14.8 Å². The molecule has 1 saturated heterocycles. The van der Waals surface area contributed by atoms with Gasteiger partial charge in [-0.3, -0.25) is 4.79 Å². The molecule has 1 heterocycles. The zero-order valence-corrected chi connectivity index (χ0v) is 15.1. The Hall–Kier alpha value is -2.42. The summed E-state index contributed by atoms with van der Waals surface area (Å²) < 4.78 is 58.0. The highest BCUT2D eigenvalue weighted by Crippen LogP contribution is 2.18. The van der Waals surface area contributed by atoms with Crippen LogP contribution in [0.5, 0.6) is 0 Å². The Morgan fingerprint density at radius 2 is 1.70 bits per heavy atom. The molecule has 2 aromatic carbocycles. The van der Waals surface area contributed by atoms with Gasteiger partial charge < -0.3 is 4.74 Å². The molecule has 0 N–H and O–H groups in total. The number of carbonyl (C=O) groups is 1. The Bertz CT molecular complexity index is 966. The zero-order valence-electron chi connectivity index (χ0n) is 14.3. The number of nitrogens with zero attached hydrogens (tertiary/aromatic N) is 1. The number of ether oxygens (including phenoxy) is 1. The summed E-state index contributed by atoms with van der Waals surface area (Å²) in [6.45, 7) is 1.27. The van der Waals surface area contributed by atoms with Gasteiger partial charge in [0.2, 0.25) is 10.0 Å². The first-order chi connectivity index (χ1) is 12.9. The smallest absolute Gasteiger partial charge is 0.243 e. The molecule has 0 radical (unpaired) electrons. The van der Waals surface area contributed by atoms with Gasteiger partial charge in [0.05, 0.1) is 18.1 Å². The quantitative estimate of drug-likeness (QED) is 0.579. The molecule has 27 heavy (non-hydrogen) atoms. The van der Waals surface area contributed by atoms with Crippen LogP contribution in [0.2, 0.25) is 0 Å². The predicted molar refractivity (Wildman–Crippen MR) is 95.7 cm³/mol. The van der Waals surface area contributed by atoms with Gasteiger partial charge in [-0.1, -0.05) is 0 Å². The van der Waals surface area contributed by atoms with Crippen LogP contribution in [0.1, 0.15) is 15.9 Å². The van der Waals surface area contributed by atoms with Gasteiger partial charge in [0.1, 0.15) is 11.6 Å². The maximum Gasteiger partial charge on any atom is 0.243 e. The molecular weight excluding hydrogens is 376 g/mol. The van der Waals surface area contributed by atoms with Crippen LogP contribution in [0.15, 0.2) is 53.4 Å². The minimum Gasteiger partial charge on any atom is -0.379 e. The van der Waals surface area contributed by atoms with Crippen molar-refractivity contribution in [1.82, 2.24) is 4.31 Å². The van der Waals surface area contributed by atoms with Gasteiger partial charge in [-0.15, -0.1) is 0 Å². The number of hydrogen-bond donors (Lipinski definition) is 0. The number of carbonyl (C=O) groups excluding carboxylic acids is 1. The van der Waals surface area contributed by atoms with Gasteiger partial charge >= 0.3 is 0 Å². The molecule has 3 rings (SSSR count). The first-order valence-electron chi connectivity index (χ1n) is 8.23. The highest BCUT2D eigenvalue weighted by atomic mass is 32.2. The number of halogens is 2. The second-order valence-corrected chi connectivity index (χ2v) is 7.84. The fourth-order valence-corrected chi connectivity index (χ4v) is 4.03. The van der Waals surface area contributed by atoms with Crippen LogP contribution in [0.25, 0.3) is 6.08 Å². The Morgan fingerprint density at radius 3 is 2.33 bits per heavy atom. The molecule has 2 aromatic rings. The minimum atomic E-state index is -3.63. The number of ketones is 1. The topological polar surface area (TPSA) is 63.7 Å². The van der Waals surface area contributed by atoms with Crippen LogP contribution in [0, 0.1) is 11.6 Å². The molecule has 0 saturated carbocycles. The standard InChI is InChI=1S/C19H17F2NO4S/c20-16-5-1-14(18(21)13-16)4-8-19(23)15-2-6-17(7-3-15)27(24,25)22-9-11-26-12-10-22/h1-8,13H,9-12H2. The van der Waals surface area contributed by atoms with E-state index in [1.807, 2.05) is 0 Å². The molecule has 142 valence electrons. The van der Waals surface area contributed by atoms with Gasteiger partial charge in [-0.25, -0.2) is 17.2 Å². The Kier molecular flexibility index (Phi) is 5.79. The number of morpholine rings is 1. The minimum absolute atomic E-state index is 0.0799. The lowest BCUT2D eigenvalue weighted by Crippen LogP contribution is -2.40. The predicted octanol–water partition coefficient (Wildman–Crippen LogP) is 2.88. The fourth-order valence-electron chi connectivity index (χ4n) is 2.63. The highest BCUT2D eigenvalue weighted by molar-refractivity contribution is 7.89. The van der Waals surface area contributed by atoms with Gasteiger partial charge in [-0.05, 0) is 48.6 Å². The summed E-state index contributed by atoms with van der Waals surface area (Å²) in [5.74, 6) is -1.90. The molecular formula is C19H17F2NO4S. The van der Waals surface area contributed by atoms with E-state index in [2.05, 4.69) is 0 Å². The van der Waals surface area contributed by atoms with Crippen molar-refractivity contribution < 1.29 is 26.7 Å². The van der Waals surface area contributed by atoms with Crippen LogP contribution >= 0.6 is 0 Å². The summed E-state index contributed by atoms with van der Waals surface area (Å²) in [4.78, 5) is 12.3. The van der Waals surface area contributed by atoms with Gasteiger partial charge in [0.15, 0.2) is 5.78 Å². The molecule has 1 aliphatic heterocycles. The first-order valence-corrected chi connectivity index (χ1v) is 9.67. The number of sulfonamides is 1. The lowest BCUT2D eigenvalue weighted by Gasteiger charge is -2.26. The van der Waals surface area contributed by atoms with E-state index in [1.54, 1.807) is 0 Å². The van der Waals surface area contributed by atoms with Crippen LogP contribution in [0.4, 0.5) is 8.78 Å². The van der Waals surface area contributed by atoms with E-state index < -0.39 is 27.4 Å². The second-order valence-electron chi connectivity index (χ2n) is 5.90. The van der Waals surface area contributed by atoms with E-state index in [0.717, 1.165) is 18.2 Å². The zero-order chi connectivity index (χ0) is 19.4. The molecule has 5 nitrogen and oxygen atoms in total. The number of benzene rings is 2. The normalized spacial score (nSPS) is 15.9. The average Bonchev–Trinajstić information content (AvgIpc) is 2.68. The molecule has 0 aliphatic carbocycles. The van der Waals surface area contributed by atoms with Crippen molar-refractivity contribution in [2.45, 2.75) is 4.90 Å². The highest BCUT2D eigenvalue weighted by Gasteiger charge is 2.26. The summed E-state index contributed by atoms with van der Waals surface area (Å²) >= 11 is 0. The molecule has 1 fully saturated rings. The first kappa shape index (κ1) is 19.3. The van der Waals surface area contributed by atoms with E-state index in [4.69, 9.17) is 4.74 Å². The summed E-state index contributed by atoms with van der Waals surface area (Å²) in [5.41, 5.74) is 0.339. The van der Waals surface area contributed by atoms with E-state index in [1.165, 1.54) is 40.7 Å². The third-order valence-corrected chi connectivity index (χ3v) is 6.04. The average molecular weight is 393 g/mol. The number of hydrogen-bond acceptors (Lipinski definition) is 4. The summed E-state index contributed by atoms with van der Waals surface area (Å²) in [7, 11) is -3.63. The van der Waals surface area contributed by atoms with Gasteiger partial charge in [0, 0.05) is 30.3 Å². The summed E-state index contributed by atoms with van der Waals surface area (Å²) in [6, 6.07) is 8.59. The van der Waals surface area contributed by atoms with Gasteiger partial charge in [0.25, 0.3) is 0 Å². The maximum atomic E-state index is 13.6. The van der Waals surface area contributed by atoms with Crippen molar-refractivity contribution in [3.8, 4) is 0 Å². The van der Waals surface area contributed by atoms with Crippen LogP contribution in [0.3, 0.4) is 0 Å². The molecule has 0 atom stereocenters. The lowest BCUT2D eigenvalue weighted by molar-refractivity contribution is 0.0730. The summed E-state index contributed by atoms with van der Waals surface area (Å²) in [6.07, 6.45) is 2.40. The van der Waals surface area contributed by atoms with Crippen LogP contribution in [-0.4, -0.2) is 44.8 Å². The Labute approximate surface area is 155 Å². The van der Waals surface area contributed by atoms with E-state index in [-0.39, 0.29) is 29.1 Å². The van der Waals surface area contributed by atoms with E-state index in [0.29, 0.717) is 13.2 Å². The van der Waals surface area contributed by atoms with E-state index >= 15 is 0 Å². The van der Waals surface area contributed by atoms with Crippen molar-refractivity contribution >= 4 is 21.9 Å². The molecule has 0 bridgehead atoms. The molecule has 0 unspecified atom stereocenters. The molecule has 0 aromatic heterocycles. The number of rotatable bonds is 5. The number of allylic oxidation sites excluding steroid dienone is 1. The SMILES string of the molecule is O=C(C=Cc1ccc(F)cc1F)c1ccc(S(=O)(=O)N2CCOCC2)cc1. The van der Waals surface area contributed by atoms with Crippen molar-refractivity contribution in [3.63, 3.8) is 0 Å². The third-order valence-electron chi connectivity index (χ3n) is 4.12. The van der Waals surface area contributed by atoms with Crippen molar-refractivity contribution in [2.24, 2.45) is 0 Å². The molecule has 0 amide bonds. The van der Waals surface area contributed by atoms with Crippen molar-refractivity contribution in [1.29, 1.82) is 0 Å². The maximum absolute atomic E-state index is 13.6. The Morgan fingerprint density at radius 1 is 1.04 bits per heavy atom.